The van der Waals surface area contributed by atoms with Crippen LogP contribution in [0.15, 0.2) is 72.8 Å². The fourth-order valence-corrected chi connectivity index (χ4v) is 5.24. The number of hydrogen-bond donors (Lipinski definition) is 0. The van der Waals surface area contributed by atoms with Gasteiger partial charge in [-0.3, -0.25) is 0 Å². The van der Waals surface area contributed by atoms with Crippen molar-refractivity contribution in [1.82, 2.24) is 0 Å². The molecular formula is C30H23F6IO2. The van der Waals surface area contributed by atoms with Crippen molar-refractivity contribution >= 4 is 22.6 Å². The molecule has 0 fully saturated rings. The fraction of sp³-hybridized carbons (Fsp3) is 0.200. The van der Waals surface area contributed by atoms with Crippen LogP contribution in [-0.4, -0.2) is 12.7 Å². The predicted molar refractivity (Wildman–Crippen MR) is 147 cm³/mol. The molecule has 0 saturated heterocycles. The highest BCUT2D eigenvalue weighted by molar-refractivity contribution is 14.1. The SMILES string of the molecule is Cc1c(Cc2ccc(-c3ccc(OC(F)(F)F)cc3)c(I)c2C)ccc(-c2ccc(OC(F)(F)F)cc2)c1C. The Bertz CT molecular complexity index is 1360. The highest BCUT2D eigenvalue weighted by atomic mass is 127. The summed E-state index contributed by atoms with van der Waals surface area (Å²) >= 11 is 2.25. The zero-order valence-corrected chi connectivity index (χ0v) is 23.3. The van der Waals surface area contributed by atoms with Crippen molar-refractivity contribution in [2.45, 2.75) is 39.9 Å². The average molecular weight is 656 g/mol. The van der Waals surface area contributed by atoms with E-state index in [1.165, 1.54) is 24.3 Å². The summed E-state index contributed by atoms with van der Waals surface area (Å²) in [4.78, 5) is 0. The van der Waals surface area contributed by atoms with Crippen LogP contribution < -0.4 is 9.47 Å². The molecule has 0 aliphatic heterocycles. The van der Waals surface area contributed by atoms with Crippen LogP contribution in [0.1, 0.15) is 27.8 Å². The molecule has 0 aliphatic carbocycles. The van der Waals surface area contributed by atoms with E-state index in [4.69, 9.17) is 0 Å². The van der Waals surface area contributed by atoms with E-state index in [2.05, 4.69) is 32.1 Å². The second-order valence-electron chi connectivity index (χ2n) is 9.05. The summed E-state index contributed by atoms with van der Waals surface area (Å²) in [6, 6.07) is 19.6. The lowest BCUT2D eigenvalue weighted by molar-refractivity contribution is -0.275. The van der Waals surface area contributed by atoms with Gasteiger partial charge in [-0.05, 0) is 124 Å². The van der Waals surface area contributed by atoms with Crippen LogP contribution in [0.5, 0.6) is 11.5 Å². The summed E-state index contributed by atoms with van der Waals surface area (Å²) in [6.07, 6.45) is -8.80. The van der Waals surface area contributed by atoms with Gasteiger partial charge in [-0.1, -0.05) is 48.5 Å². The Morgan fingerprint density at radius 3 is 1.41 bits per heavy atom. The van der Waals surface area contributed by atoms with Crippen LogP contribution in [0, 0.1) is 24.3 Å². The third-order valence-electron chi connectivity index (χ3n) is 6.58. The Labute approximate surface area is 235 Å². The summed E-state index contributed by atoms with van der Waals surface area (Å²) < 4.78 is 83.7. The molecule has 39 heavy (non-hydrogen) atoms. The van der Waals surface area contributed by atoms with Gasteiger partial charge in [0.05, 0.1) is 0 Å². The lowest BCUT2D eigenvalue weighted by Gasteiger charge is -2.17. The molecule has 0 aliphatic rings. The average Bonchev–Trinajstić information content (AvgIpc) is 2.84. The van der Waals surface area contributed by atoms with E-state index in [1.807, 2.05) is 45.0 Å². The lowest BCUT2D eigenvalue weighted by Crippen LogP contribution is -2.16. The molecule has 204 valence electrons. The van der Waals surface area contributed by atoms with Crippen molar-refractivity contribution in [3.05, 3.63) is 104 Å². The monoisotopic (exact) mass is 656 g/mol. The van der Waals surface area contributed by atoms with Gasteiger partial charge in [0.15, 0.2) is 0 Å². The van der Waals surface area contributed by atoms with E-state index in [0.29, 0.717) is 6.42 Å². The standard InChI is InChI=1S/C30H23F6IO2/c1-17-18(2)26(20-4-10-24(11-5-20)38-29(31,32)33)14-8-22(17)16-23-9-15-27(28(37)19(23)3)21-6-12-25(13-7-21)39-30(34,35)36/h4-15H,16H2,1-3H3. The van der Waals surface area contributed by atoms with E-state index < -0.39 is 12.7 Å². The van der Waals surface area contributed by atoms with Crippen molar-refractivity contribution < 1.29 is 35.8 Å². The van der Waals surface area contributed by atoms with Gasteiger partial charge in [-0.2, -0.15) is 0 Å². The van der Waals surface area contributed by atoms with Gasteiger partial charge < -0.3 is 9.47 Å². The smallest absolute Gasteiger partial charge is 0.406 e. The molecule has 2 nitrogen and oxygen atoms in total. The van der Waals surface area contributed by atoms with Crippen LogP contribution in [0.4, 0.5) is 26.3 Å². The largest absolute Gasteiger partial charge is 0.573 e. The molecule has 0 radical (unpaired) electrons. The van der Waals surface area contributed by atoms with Gasteiger partial charge in [0, 0.05) is 3.57 Å². The molecule has 0 N–H and O–H groups in total. The second kappa shape index (κ2) is 11.1. The van der Waals surface area contributed by atoms with Gasteiger partial charge in [0.25, 0.3) is 0 Å². The molecule has 0 saturated carbocycles. The minimum Gasteiger partial charge on any atom is -0.406 e. The predicted octanol–water partition coefficient (Wildman–Crippen LogP) is 9.94. The zero-order valence-electron chi connectivity index (χ0n) is 21.1. The number of ether oxygens (including phenoxy) is 2. The lowest BCUT2D eigenvalue weighted by atomic mass is 9.89. The summed E-state index contributed by atoms with van der Waals surface area (Å²) in [5.74, 6) is -0.536. The number of hydrogen-bond acceptors (Lipinski definition) is 2. The van der Waals surface area contributed by atoms with E-state index in [-0.39, 0.29) is 11.5 Å². The van der Waals surface area contributed by atoms with Crippen molar-refractivity contribution in [1.29, 1.82) is 0 Å². The number of rotatable bonds is 6. The van der Waals surface area contributed by atoms with Crippen molar-refractivity contribution in [3.8, 4) is 33.8 Å². The second-order valence-corrected chi connectivity index (χ2v) is 10.1. The molecule has 0 atom stereocenters. The molecule has 0 unspecified atom stereocenters. The molecule has 4 rings (SSSR count). The van der Waals surface area contributed by atoms with E-state index in [1.54, 1.807) is 24.3 Å². The molecule has 0 aromatic heterocycles. The van der Waals surface area contributed by atoms with Crippen molar-refractivity contribution in [2.24, 2.45) is 0 Å². The van der Waals surface area contributed by atoms with Crippen LogP contribution in [0.25, 0.3) is 22.3 Å². The van der Waals surface area contributed by atoms with E-state index in [0.717, 1.165) is 53.6 Å². The maximum atomic E-state index is 12.5. The summed E-state index contributed by atoms with van der Waals surface area (Å²) in [6.45, 7) is 6.03. The van der Waals surface area contributed by atoms with Crippen LogP contribution >= 0.6 is 22.6 Å². The molecule has 4 aromatic rings. The first kappa shape index (κ1) is 28.8. The fourth-order valence-electron chi connectivity index (χ4n) is 4.40. The molecule has 9 heteroatoms. The highest BCUT2D eigenvalue weighted by Gasteiger charge is 2.31. The quantitative estimate of drug-likeness (QED) is 0.152. The van der Waals surface area contributed by atoms with Crippen LogP contribution in [0.2, 0.25) is 0 Å². The summed E-state index contributed by atoms with van der Waals surface area (Å²) in [5, 5.41) is 0. The Balaban J connectivity index is 1.56. The molecule has 0 amide bonds. The van der Waals surface area contributed by atoms with Gasteiger partial charge >= 0.3 is 12.7 Å². The Hall–Kier alpha value is -3.21. The third-order valence-corrected chi connectivity index (χ3v) is 7.97. The molecule has 0 spiro atoms. The Morgan fingerprint density at radius 2 is 0.949 bits per heavy atom. The van der Waals surface area contributed by atoms with E-state index >= 15 is 0 Å². The number of halogens is 7. The maximum absolute atomic E-state index is 12.5. The summed E-state index contributed by atoms with van der Waals surface area (Å²) in [5.41, 5.74) is 8.84. The molecule has 0 bridgehead atoms. The number of benzene rings is 4. The van der Waals surface area contributed by atoms with Crippen LogP contribution in [-0.2, 0) is 6.42 Å². The van der Waals surface area contributed by atoms with Crippen molar-refractivity contribution in [3.63, 3.8) is 0 Å². The van der Waals surface area contributed by atoms with Gasteiger partial charge in [0.2, 0.25) is 0 Å². The Morgan fingerprint density at radius 1 is 0.538 bits per heavy atom. The molecule has 0 heterocycles. The zero-order chi connectivity index (χ0) is 28.5. The minimum atomic E-state index is -4.74. The topological polar surface area (TPSA) is 18.5 Å². The normalized spacial score (nSPS) is 11.9. The third kappa shape index (κ3) is 7.06. The molecule has 4 aromatic carbocycles. The minimum absolute atomic E-state index is 0.267. The van der Waals surface area contributed by atoms with E-state index in [9.17, 15) is 26.3 Å². The van der Waals surface area contributed by atoms with Gasteiger partial charge in [-0.15, -0.1) is 26.3 Å². The number of alkyl halides is 6. The first-order valence-corrected chi connectivity index (χ1v) is 12.9. The summed E-state index contributed by atoms with van der Waals surface area (Å²) in [7, 11) is 0. The maximum Gasteiger partial charge on any atom is 0.573 e. The van der Waals surface area contributed by atoms with Crippen LogP contribution in [0.3, 0.4) is 0 Å². The first-order valence-electron chi connectivity index (χ1n) is 11.8. The molecular weight excluding hydrogens is 633 g/mol. The first-order chi connectivity index (χ1) is 18.2. The van der Waals surface area contributed by atoms with Gasteiger partial charge in [0.1, 0.15) is 11.5 Å². The van der Waals surface area contributed by atoms with Crippen molar-refractivity contribution in [2.75, 3.05) is 0 Å². The highest BCUT2D eigenvalue weighted by Crippen LogP contribution is 2.35. The Kier molecular flexibility index (Phi) is 8.20. The van der Waals surface area contributed by atoms with Gasteiger partial charge in [-0.25, -0.2) is 0 Å².